The highest BCUT2D eigenvalue weighted by Crippen LogP contribution is 2.62. The molecule has 2 aromatic rings. The van der Waals surface area contributed by atoms with E-state index in [4.69, 9.17) is 9.47 Å². The molecule has 1 fully saturated rings. The monoisotopic (exact) mass is 420 g/mol. The molecule has 1 N–H and O–H groups in total. The van der Waals surface area contributed by atoms with Gasteiger partial charge in [0.1, 0.15) is 5.60 Å². The SMILES string of the molecule is C[C@]1(COCc2ccccc2)[C@@]2(O)CC(=O)C=C2C(=O)[C@@]1(C)COCc1ccccc1. The molecule has 2 aliphatic rings. The van der Waals surface area contributed by atoms with Gasteiger partial charge in [0.15, 0.2) is 11.6 Å². The first kappa shape index (κ1) is 21.6. The Balaban J connectivity index is 1.57. The number of carbonyl (C=O) groups excluding carboxylic acids is 2. The van der Waals surface area contributed by atoms with Crippen LogP contribution in [-0.2, 0) is 32.3 Å². The Morgan fingerprint density at radius 3 is 1.90 bits per heavy atom. The number of fused-ring (bicyclic) bond motifs is 1. The summed E-state index contributed by atoms with van der Waals surface area (Å²) < 4.78 is 12.0. The van der Waals surface area contributed by atoms with Crippen molar-refractivity contribution < 1.29 is 24.2 Å². The van der Waals surface area contributed by atoms with Gasteiger partial charge < -0.3 is 14.6 Å². The van der Waals surface area contributed by atoms with Crippen molar-refractivity contribution in [2.45, 2.75) is 39.1 Å². The first-order chi connectivity index (χ1) is 14.8. The smallest absolute Gasteiger partial charge is 0.170 e. The van der Waals surface area contributed by atoms with E-state index < -0.39 is 16.4 Å². The van der Waals surface area contributed by atoms with Gasteiger partial charge in [-0.3, -0.25) is 9.59 Å². The van der Waals surface area contributed by atoms with Gasteiger partial charge >= 0.3 is 0 Å². The molecule has 0 bridgehead atoms. The Bertz CT molecular complexity index is 999. The molecule has 5 nitrogen and oxygen atoms in total. The van der Waals surface area contributed by atoms with E-state index in [0.717, 1.165) is 11.1 Å². The van der Waals surface area contributed by atoms with Crippen LogP contribution in [-0.4, -0.2) is 35.5 Å². The second-order valence-electron chi connectivity index (χ2n) is 9.01. The van der Waals surface area contributed by atoms with Gasteiger partial charge in [-0.1, -0.05) is 67.6 Å². The molecule has 2 aliphatic carbocycles. The highest BCUT2D eigenvalue weighted by molar-refractivity contribution is 6.14. The maximum absolute atomic E-state index is 13.4. The van der Waals surface area contributed by atoms with Gasteiger partial charge in [-0.25, -0.2) is 0 Å². The predicted molar refractivity (Wildman–Crippen MR) is 116 cm³/mol. The lowest BCUT2D eigenvalue weighted by molar-refractivity contribution is -0.159. The fraction of sp³-hybridized carbons (Fsp3) is 0.385. The summed E-state index contributed by atoms with van der Waals surface area (Å²) in [5, 5.41) is 11.6. The van der Waals surface area contributed by atoms with Crippen LogP contribution < -0.4 is 0 Å². The fourth-order valence-corrected chi connectivity index (χ4v) is 4.83. The number of Topliss-reactive ketones (excluding diaryl/α,β-unsaturated/α-hetero) is 1. The molecule has 3 atom stereocenters. The molecule has 4 rings (SSSR count). The number of carbonyl (C=O) groups is 2. The minimum Gasteiger partial charge on any atom is -0.384 e. The minimum atomic E-state index is -1.55. The maximum Gasteiger partial charge on any atom is 0.170 e. The molecule has 31 heavy (non-hydrogen) atoms. The van der Waals surface area contributed by atoms with Crippen LogP contribution in [0.25, 0.3) is 0 Å². The number of hydrogen-bond acceptors (Lipinski definition) is 5. The van der Waals surface area contributed by atoms with Crippen LogP contribution in [0.15, 0.2) is 72.3 Å². The van der Waals surface area contributed by atoms with Crippen molar-refractivity contribution >= 4 is 11.6 Å². The summed E-state index contributed by atoms with van der Waals surface area (Å²) in [6.07, 6.45) is 1.20. The van der Waals surface area contributed by atoms with E-state index in [2.05, 4.69) is 0 Å². The summed E-state index contributed by atoms with van der Waals surface area (Å²) in [6, 6.07) is 19.5. The molecule has 0 aliphatic heterocycles. The minimum absolute atomic E-state index is 0.104. The van der Waals surface area contributed by atoms with Crippen molar-refractivity contribution in [3.05, 3.63) is 83.4 Å². The van der Waals surface area contributed by atoms with Crippen LogP contribution in [0, 0.1) is 10.8 Å². The van der Waals surface area contributed by atoms with Gasteiger partial charge in [0, 0.05) is 17.4 Å². The standard InChI is InChI=1S/C26H28O5/c1-24(17-30-15-19-9-5-3-6-10-19)23(28)22-13-21(27)14-26(22,29)25(24,2)18-31-16-20-11-7-4-8-12-20/h3-13,29H,14-18H2,1-2H3/t24-,25-,26-/m1/s1. The molecule has 162 valence electrons. The number of allylic oxidation sites excluding steroid dienone is 1. The Kier molecular flexibility index (Phi) is 5.69. The molecular formula is C26H28O5. The molecule has 0 spiro atoms. The van der Waals surface area contributed by atoms with Crippen LogP contribution in [0.2, 0.25) is 0 Å². The van der Waals surface area contributed by atoms with Gasteiger partial charge in [0.2, 0.25) is 0 Å². The van der Waals surface area contributed by atoms with Crippen molar-refractivity contribution in [1.82, 2.24) is 0 Å². The number of hydrogen-bond donors (Lipinski definition) is 1. The summed E-state index contributed by atoms with van der Waals surface area (Å²) in [5.74, 6) is -0.466. The van der Waals surface area contributed by atoms with Crippen molar-refractivity contribution in [3.63, 3.8) is 0 Å². The number of ketones is 2. The lowest BCUT2D eigenvalue weighted by Crippen LogP contribution is -2.54. The highest BCUT2D eigenvalue weighted by Gasteiger charge is 2.72. The Labute approximate surface area is 182 Å². The van der Waals surface area contributed by atoms with Gasteiger partial charge in [-0.05, 0) is 24.1 Å². The summed E-state index contributed by atoms with van der Waals surface area (Å²) in [4.78, 5) is 25.6. The van der Waals surface area contributed by atoms with Crippen molar-refractivity contribution in [2.24, 2.45) is 10.8 Å². The average molecular weight is 421 g/mol. The number of benzene rings is 2. The van der Waals surface area contributed by atoms with Crippen LogP contribution in [0.1, 0.15) is 31.4 Å². The van der Waals surface area contributed by atoms with Crippen LogP contribution >= 0.6 is 0 Å². The summed E-state index contributed by atoms with van der Waals surface area (Å²) in [6.45, 7) is 4.62. The summed E-state index contributed by atoms with van der Waals surface area (Å²) >= 11 is 0. The highest BCUT2D eigenvalue weighted by atomic mass is 16.5. The third-order valence-corrected chi connectivity index (χ3v) is 7.06. The predicted octanol–water partition coefficient (Wildman–Crippen LogP) is 3.65. The molecule has 0 saturated heterocycles. The Morgan fingerprint density at radius 2 is 1.35 bits per heavy atom. The van der Waals surface area contributed by atoms with Crippen LogP contribution in [0.3, 0.4) is 0 Å². The molecule has 5 heteroatoms. The zero-order valence-electron chi connectivity index (χ0n) is 18.0. The lowest BCUT2D eigenvalue weighted by atomic mass is 9.62. The summed E-state index contributed by atoms with van der Waals surface area (Å²) in [7, 11) is 0. The molecule has 0 aromatic heterocycles. The van der Waals surface area contributed by atoms with E-state index in [9.17, 15) is 14.7 Å². The molecule has 0 radical (unpaired) electrons. The number of aliphatic hydroxyl groups is 1. The van der Waals surface area contributed by atoms with Crippen molar-refractivity contribution in [1.29, 1.82) is 0 Å². The third-order valence-electron chi connectivity index (χ3n) is 7.06. The normalized spacial score (nSPS) is 29.8. The van der Waals surface area contributed by atoms with E-state index in [-0.39, 0.29) is 36.8 Å². The Hall–Kier alpha value is -2.60. The van der Waals surface area contributed by atoms with E-state index >= 15 is 0 Å². The van der Waals surface area contributed by atoms with E-state index in [1.54, 1.807) is 0 Å². The second-order valence-corrected chi connectivity index (χ2v) is 9.01. The Morgan fingerprint density at radius 1 is 0.839 bits per heavy atom. The molecule has 0 amide bonds. The second kappa shape index (κ2) is 8.15. The average Bonchev–Trinajstić information content (AvgIpc) is 3.14. The molecular weight excluding hydrogens is 392 g/mol. The topological polar surface area (TPSA) is 72.8 Å². The zero-order chi connectivity index (χ0) is 22.1. The van der Waals surface area contributed by atoms with Crippen LogP contribution in [0.5, 0.6) is 0 Å². The van der Waals surface area contributed by atoms with Crippen LogP contribution in [0.4, 0.5) is 0 Å². The van der Waals surface area contributed by atoms with E-state index in [1.165, 1.54) is 6.08 Å². The lowest BCUT2D eigenvalue weighted by Gasteiger charge is -2.45. The summed E-state index contributed by atoms with van der Waals surface area (Å²) in [5.41, 5.74) is -1.40. The molecule has 0 unspecified atom stereocenters. The van der Waals surface area contributed by atoms with Gasteiger partial charge in [0.25, 0.3) is 0 Å². The van der Waals surface area contributed by atoms with Gasteiger partial charge in [-0.2, -0.15) is 0 Å². The number of ether oxygens (including phenoxy) is 2. The first-order valence-corrected chi connectivity index (χ1v) is 10.6. The van der Waals surface area contributed by atoms with Crippen molar-refractivity contribution in [2.75, 3.05) is 13.2 Å². The van der Waals surface area contributed by atoms with Crippen molar-refractivity contribution in [3.8, 4) is 0 Å². The van der Waals surface area contributed by atoms with E-state index in [0.29, 0.717) is 13.2 Å². The first-order valence-electron chi connectivity index (χ1n) is 10.6. The quantitative estimate of drug-likeness (QED) is 0.706. The largest absolute Gasteiger partial charge is 0.384 e. The third kappa shape index (κ3) is 3.57. The fourth-order valence-electron chi connectivity index (χ4n) is 4.83. The maximum atomic E-state index is 13.4. The number of rotatable bonds is 8. The molecule has 1 saturated carbocycles. The van der Waals surface area contributed by atoms with Gasteiger partial charge in [0.05, 0.1) is 31.8 Å². The van der Waals surface area contributed by atoms with Gasteiger partial charge in [-0.15, -0.1) is 0 Å². The van der Waals surface area contributed by atoms with E-state index in [1.807, 2.05) is 74.5 Å². The molecule has 2 aromatic carbocycles. The molecule has 0 heterocycles. The zero-order valence-corrected chi connectivity index (χ0v) is 18.0.